The first-order chi connectivity index (χ1) is 10.7. The normalized spacial score (nSPS) is 39.6. The molecule has 2 rings (SSSR count). The number of rotatable bonds is 4. The number of carbonyl (C=O) groups excluding carboxylic acids is 1. The number of likely N-dealkylation sites (tertiary alicyclic amines) is 1. The van der Waals surface area contributed by atoms with Crippen LogP contribution < -0.4 is 5.73 Å². The molecule has 10 heteroatoms. The van der Waals surface area contributed by atoms with Gasteiger partial charge in [0, 0.05) is 13.0 Å². The fourth-order valence-corrected chi connectivity index (χ4v) is 2.97. The molecule has 2 aliphatic rings. The molecule has 2 saturated heterocycles. The van der Waals surface area contributed by atoms with Gasteiger partial charge in [0.25, 0.3) is 11.8 Å². The van der Waals surface area contributed by atoms with Gasteiger partial charge in [0.15, 0.2) is 12.1 Å². The highest BCUT2D eigenvalue weighted by Crippen LogP contribution is 2.33. The first-order valence-electron chi connectivity index (χ1n) is 7.49. The third-order valence-electron chi connectivity index (χ3n) is 4.35. The van der Waals surface area contributed by atoms with Gasteiger partial charge >= 0.3 is 0 Å². The Kier molecular flexibility index (Phi) is 5.54. The summed E-state index contributed by atoms with van der Waals surface area (Å²) in [5.74, 6) is -4.17. The number of ether oxygens (including phenoxy) is 1. The third kappa shape index (κ3) is 3.62. The van der Waals surface area contributed by atoms with Crippen molar-refractivity contribution in [3.63, 3.8) is 0 Å². The van der Waals surface area contributed by atoms with E-state index in [1.807, 2.05) is 0 Å². The Hall–Kier alpha value is -0.910. The molecule has 1 amide bonds. The van der Waals surface area contributed by atoms with Crippen LogP contribution in [-0.4, -0.2) is 93.4 Å². The minimum Gasteiger partial charge on any atom is -0.394 e. The summed E-state index contributed by atoms with van der Waals surface area (Å²) in [5.41, 5.74) is 3.61. The molecule has 0 spiro atoms. The molecule has 8 nitrogen and oxygen atoms in total. The van der Waals surface area contributed by atoms with Gasteiger partial charge in [0.05, 0.1) is 13.2 Å². The molecule has 2 aliphatic heterocycles. The maximum Gasteiger partial charge on any atom is 0.293 e. The van der Waals surface area contributed by atoms with Gasteiger partial charge in [-0.05, 0) is 6.42 Å². The number of carbonyl (C=O) groups is 1. The van der Waals surface area contributed by atoms with Crippen molar-refractivity contribution in [2.45, 2.75) is 55.3 Å². The van der Waals surface area contributed by atoms with Crippen molar-refractivity contribution in [2.75, 3.05) is 19.7 Å². The summed E-state index contributed by atoms with van der Waals surface area (Å²) in [6.07, 6.45) is -8.11. The van der Waals surface area contributed by atoms with Crippen LogP contribution in [0.15, 0.2) is 0 Å². The second-order valence-electron chi connectivity index (χ2n) is 6.11. The third-order valence-corrected chi connectivity index (χ3v) is 4.35. The molecular formula is C13H23F2N2O6+. The Labute approximate surface area is 131 Å². The molecule has 0 unspecified atom stereocenters. The van der Waals surface area contributed by atoms with Crippen LogP contribution in [-0.2, 0) is 9.53 Å². The number of hydrogen-bond donors (Lipinski definition) is 5. The van der Waals surface area contributed by atoms with Crippen molar-refractivity contribution in [1.29, 1.82) is 0 Å². The molecule has 2 fully saturated rings. The second-order valence-corrected chi connectivity index (χ2v) is 6.11. The Bertz CT molecular complexity index is 439. The minimum absolute atomic E-state index is 0.151. The van der Waals surface area contributed by atoms with E-state index in [1.165, 1.54) is 0 Å². The molecular weight excluding hydrogens is 318 g/mol. The van der Waals surface area contributed by atoms with E-state index in [-0.39, 0.29) is 6.54 Å². The van der Waals surface area contributed by atoms with Gasteiger partial charge in [-0.2, -0.15) is 0 Å². The predicted octanol–water partition coefficient (Wildman–Crippen LogP) is -3.30. The fraction of sp³-hybridized carbons (Fsp3) is 0.923. The number of nitrogens with zero attached hydrogens (tertiary/aromatic N) is 1. The summed E-state index contributed by atoms with van der Waals surface area (Å²) in [5, 5.41) is 38.1. The van der Waals surface area contributed by atoms with Gasteiger partial charge in [-0.15, -0.1) is 0 Å². The average molecular weight is 341 g/mol. The second kappa shape index (κ2) is 6.91. The summed E-state index contributed by atoms with van der Waals surface area (Å²) in [6, 6.07) is -0.589. The summed E-state index contributed by atoms with van der Waals surface area (Å²) < 4.78 is 33.8. The van der Waals surface area contributed by atoms with Gasteiger partial charge in [-0.25, -0.2) is 8.78 Å². The molecule has 0 aliphatic carbocycles. The zero-order chi connectivity index (χ0) is 17.4. The molecule has 0 aromatic heterocycles. The van der Waals surface area contributed by atoms with E-state index in [1.54, 1.807) is 0 Å². The van der Waals surface area contributed by atoms with Gasteiger partial charge in [0.2, 0.25) is 0 Å². The summed E-state index contributed by atoms with van der Waals surface area (Å²) in [4.78, 5) is 12.9. The highest BCUT2D eigenvalue weighted by Gasteiger charge is 2.55. The van der Waals surface area contributed by atoms with Crippen LogP contribution in [0.4, 0.5) is 8.78 Å². The first-order valence-corrected chi connectivity index (χ1v) is 7.49. The molecule has 7 N–H and O–H groups in total. The standard InChI is InChI=1S/C13H22F2N2O6/c14-13(15,5-17-3-1-2-6(16)12(17)22)11-10(21)9(20)8(19)7(4-18)23-11/h6-11,18-21H,1-5,16H2/p+1/t6-,7+,8-,9-,10+,11+/m0/s1. The molecule has 0 radical (unpaired) electrons. The SMILES string of the molecule is [NH3+][C@H]1CCCN(CC(F)(F)[C@@H]2O[C@H](CO)[C@H](O)[C@H](O)[C@H]2O)C1=O. The maximum absolute atomic E-state index is 14.5. The van der Waals surface area contributed by atoms with Crippen LogP contribution in [0, 0.1) is 0 Å². The lowest BCUT2D eigenvalue weighted by Gasteiger charge is -2.44. The molecule has 0 saturated carbocycles. The van der Waals surface area contributed by atoms with Gasteiger partial charge in [-0.1, -0.05) is 0 Å². The number of aliphatic hydroxyl groups excluding tert-OH is 4. The molecule has 134 valence electrons. The molecule has 0 bridgehead atoms. The van der Waals surface area contributed by atoms with Crippen molar-refractivity contribution in [2.24, 2.45) is 0 Å². The van der Waals surface area contributed by atoms with Crippen LogP contribution >= 0.6 is 0 Å². The number of halogens is 2. The number of amides is 1. The Morgan fingerprint density at radius 1 is 1.26 bits per heavy atom. The van der Waals surface area contributed by atoms with Crippen molar-refractivity contribution < 1.29 is 44.5 Å². The van der Waals surface area contributed by atoms with E-state index in [9.17, 15) is 28.9 Å². The zero-order valence-electron chi connectivity index (χ0n) is 12.5. The highest BCUT2D eigenvalue weighted by atomic mass is 19.3. The van der Waals surface area contributed by atoms with E-state index in [0.717, 1.165) is 4.90 Å². The lowest BCUT2D eigenvalue weighted by atomic mass is 9.91. The Morgan fingerprint density at radius 2 is 1.91 bits per heavy atom. The van der Waals surface area contributed by atoms with Crippen molar-refractivity contribution >= 4 is 5.91 Å². The lowest BCUT2D eigenvalue weighted by molar-refractivity contribution is -0.410. The zero-order valence-corrected chi connectivity index (χ0v) is 12.5. The van der Waals surface area contributed by atoms with Crippen molar-refractivity contribution in [1.82, 2.24) is 4.90 Å². The maximum atomic E-state index is 14.5. The van der Waals surface area contributed by atoms with Crippen LogP contribution in [0.3, 0.4) is 0 Å². The molecule has 0 aromatic rings. The van der Waals surface area contributed by atoms with E-state index >= 15 is 0 Å². The molecule has 2 heterocycles. The smallest absolute Gasteiger partial charge is 0.293 e. The Balaban J connectivity index is 2.12. The largest absolute Gasteiger partial charge is 0.394 e. The number of piperidine rings is 1. The van der Waals surface area contributed by atoms with Crippen molar-refractivity contribution in [3.8, 4) is 0 Å². The lowest BCUT2D eigenvalue weighted by Crippen LogP contribution is -2.71. The molecule has 6 atom stereocenters. The molecule has 0 aromatic carbocycles. The van der Waals surface area contributed by atoms with Crippen LogP contribution in [0.2, 0.25) is 0 Å². The predicted molar refractivity (Wildman–Crippen MR) is 71.2 cm³/mol. The van der Waals surface area contributed by atoms with Crippen LogP contribution in [0.5, 0.6) is 0 Å². The van der Waals surface area contributed by atoms with E-state index < -0.39 is 61.5 Å². The minimum atomic E-state index is -3.67. The average Bonchev–Trinajstić information content (AvgIpc) is 2.49. The quantitative estimate of drug-likeness (QED) is 0.363. The summed E-state index contributed by atoms with van der Waals surface area (Å²) in [6.45, 7) is -1.63. The van der Waals surface area contributed by atoms with E-state index in [0.29, 0.717) is 12.8 Å². The molecule has 23 heavy (non-hydrogen) atoms. The van der Waals surface area contributed by atoms with Gasteiger partial charge in [0.1, 0.15) is 24.4 Å². The Morgan fingerprint density at radius 3 is 2.52 bits per heavy atom. The monoisotopic (exact) mass is 341 g/mol. The summed E-state index contributed by atoms with van der Waals surface area (Å²) >= 11 is 0. The summed E-state index contributed by atoms with van der Waals surface area (Å²) in [7, 11) is 0. The number of quaternary nitrogens is 1. The van der Waals surface area contributed by atoms with E-state index in [2.05, 4.69) is 5.73 Å². The topological polar surface area (TPSA) is 138 Å². The number of alkyl halides is 2. The van der Waals surface area contributed by atoms with Crippen LogP contribution in [0.25, 0.3) is 0 Å². The van der Waals surface area contributed by atoms with Crippen molar-refractivity contribution in [3.05, 3.63) is 0 Å². The number of aliphatic hydroxyl groups is 4. The highest BCUT2D eigenvalue weighted by molar-refractivity contribution is 5.81. The van der Waals surface area contributed by atoms with Gasteiger partial charge in [-0.3, -0.25) is 4.79 Å². The fourth-order valence-electron chi connectivity index (χ4n) is 2.97. The first kappa shape index (κ1) is 18.4. The van der Waals surface area contributed by atoms with E-state index in [4.69, 9.17) is 9.84 Å². The van der Waals surface area contributed by atoms with Gasteiger partial charge < -0.3 is 35.8 Å². The van der Waals surface area contributed by atoms with Crippen LogP contribution in [0.1, 0.15) is 12.8 Å². The number of hydrogen-bond acceptors (Lipinski definition) is 6.